The summed E-state index contributed by atoms with van der Waals surface area (Å²) in [5, 5.41) is 8.65. The third kappa shape index (κ3) is 1.93. The average Bonchev–Trinajstić information content (AvgIpc) is 2.11. The summed E-state index contributed by atoms with van der Waals surface area (Å²) in [4.78, 5) is 10.5. The van der Waals surface area contributed by atoms with Crippen LogP contribution in [0.5, 0.6) is 5.75 Å². The summed E-state index contributed by atoms with van der Waals surface area (Å²) >= 11 is 0. The molecule has 0 aliphatic carbocycles. The van der Waals surface area contributed by atoms with E-state index >= 15 is 0 Å². The maximum atomic E-state index is 10.5. The monoisotopic (exact) mass is 191 g/mol. The Morgan fingerprint density at radius 1 is 1.57 bits per heavy atom. The highest BCUT2D eigenvalue weighted by Gasteiger charge is 2.08. The summed E-state index contributed by atoms with van der Waals surface area (Å²) < 4.78 is 4.63. The minimum Gasteiger partial charge on any atom is -0.408 e. The maximum Gasteiger partial charge on any atom is 0.410 e. The highest BCUT2D eigenvalue weighted by Crippen LogP contribution is 2.26. The van der Waals surface area contributed by atoms with Gasteiger partial charge in [-0.05, 0) is 18.6 Å². The van der Waals surface area contributed by atoms with Gasteiger partial charge in [-0.1, -0.05) is 0 Å². The molecule has 14 heavy (non-hydrogen) atoms. The van der Waals surface area contributed by atoms with Crippen molar-refractivity contribution in [3.8, 4) is 11.8 Å². The van der Waals surface area contributed by atoms with E-state index in [9.17, 15) is 4.79 Å². The van der Waals surface area contributed by atoms with Gasteiger partial charge in [-0.3, -0.25) is 0 Å². The van der Waals surface area contributed by atoms with Crippen molar-refractivity contribution in [2.75, 3.05) is 5.73 Å². The number of hydrogen-bond acceptors (Lipinski definition) is 4. The fourth-order valence-electron chi connectivity index (χ4n) is 1.02. The van der Waals surface area contributed by atoms with Crippen LogP contribution in [0.3, 0.4) is 0 Å². The Labute approximate surface area is 80.9 Å². The van der Waals surface area contributed by atoms with Crippen molar-refractivity contribution in [2.24, 2.45) is 5.73 Å². The third-order valence-corrected chi connectivity index (χ3v) is 1.69. The molecule has 72 valence electrons. The Balaban J connectivity index is 3.21. The molecule has 4 N–H and O–H groups in total. The molecule has 0 atom stereocenters. The minimum absolute atomic E-state index is 0.119. The van der Waals surface area contributed by atoms with Crippen LogP contribution in [0.2, 0.25) is 0 Å². The van der Waals surface area contributed by atoms with Gasteiger partial charge in [-0.15, -0.1) is 0 Å². The van der Waals surface area contributed by atoms with Crippen LogP contribution in [0.4, 0.5) is 10.5 Å². The predicted octanol–water partition coefficient (Wildman–Crippen LogP) is 0.906. The van der Waals surface area contributed by atoms with Crippen molar-refractivity contribution in [1.29, 1.82) is 5.26 Å². The summed E-state index contributed by atoms with van der Waals surface area (Å²) in [6.45, 7) is 1.71. The minimum atomic E-state index is -0.953. The lowest BCUT2D eigenvalue weighted by atomic mass is 10.1. The Bertz CT molecular complexity index is 421. The van der Waals surface area contributed by atoms with Gasteiger partial charge in [0.25, 0.3) is 0 Å². The van der Waals surface area contributed by atoms with Crippen LogP contribution in [0.15, 0.2) is 12.1 Å². The number of ether oxygens (including phenoxy) is 1. The van der Waals surface area contributed by atoms with Crippen molar-refractivity contribution in [2.45, 2.75) is 6.92 Å². The lowest BCUT2D eigenvalue weighted by Gasteiger charge is -2.07. The van der Waals surface area contributed by atoms with Crippen molar-refractivity contribution in [3.63, 3.8) is 0 Å². The molecule has 1 rings (SSSR count). The molecular formula is C9H9N3O2. The first kappa shape index (κ1) is 9.86. The number of nitrogen functional groups attached to an aromatic ring is 1. The van der Waals surface area contributed by atoms with Crippen LogP contribution < -0.4 is 16.2 Å². The first-order valence-corrected chi connectivity index (χ1v) is 3.82. The molecule has 0 radical (unpaired) electrons. The van der Waals surface area contributed by atoms with E-state index in [2.05, 4.69) is 4.74 Å². The summed E-state index contributed by atoms with van der Waals surface area (Å²) in [7, 11) is 0. The molecule has 0 aliphatic heterocycles. The molecule has 1 aromatic rings. The van der Waals surface area contributed by atoms with Crippen molar-refractivity contribution >= 4 is 11.8 Å². The Kier molecular flexibility index (Phi) is 2.58. The van der Waals surface area contributed by atoms with Crippen LogP contribution in [-0.4, -0.2) is 6.09 Å². The number of amides is 1. The number of aryl methyl sites for hydroxylation is 1. The van der Waals surface area contributed by atoms with Crippen LogP contribution >= 0.6 is 0 Å². The Morgan fingerprint density at radius 3 is 2.71 bits per heavy atom. The second-order valence-corrected chi connectivity index (χ2v) is 2.74. The number of primary amides is 1. The molecular weight excluding hydrogens is 182 g/mol. The topological polar surface area (TPSA) is 102 Å². The number of rotatable bonds is 1. The number of nitriles is 1. The summed E-state index contributed by atoms with van der Waals surface area (Å²) in [6, 6.07) is 4.89. The van der Waals surface area contributed by atoms with Gasteiger partial charge in [-0.25, -0.2) is 4.79 Å². The predicted molar refractivity (Wildman–Crippen MR) is 50.5 cm³/mol. The first-order chi connectivity index (χ1) is 6.54. The van der Waals surface area contributed by atoms with Crippen LogP contribution in [0.1, 0.15) is 11.1 Å². The molecule has 5 heteroatoms. The van der Waals surface area contributed by atoms with E-state index in [1.807, 2.05) is 6.07 Å². The quantitative estimate of drug-likeness (QED) is 0.644. The molecule has 1 aromatic carbocycles. The lowest BCUT2D eigenvalue weighted by Crippen LogP contribution is -2.17. The van der Waals surface area contributed by atoms with E-state index in [1.54, 1.807) is 13.0 Å². The molecule has 0 heterocycles. The van der Waals surface area contributed by atoms with Gasteiger partial charge in [0.2, 0.25) is 0 Å². The van der Waals surface area contributed by atoms with E-state index in [0.717, 1.165) is 0 Å². The molecule has 0 saturated carbocycles. The summed E-state index contributed by atoms with van der Waals surface area (Å²) in [6.07, 6.45) is -0.953. The number of nitrogens with zero attached hydrogens (tertiary/aromatic N) is 1. The SMILES string of the molecule is Cc1cc(C#N)cc(OC(N)=O)c1N. The third-order valence-electron chi connectivity index (χ3n) is 1.69. The molecule has 0 spiro atoms. The number of carbonyl (C=O) groups excluding carboxylic acids is 1. The second-order valence-electron chi connectivity index (χ2n) is 2.74. The zero-order chi connectivity index (χ0) is 10.7. The zero-order valence-electron chi connectivity index (χ0n) is 7.57. The maximum absolute atomic E-state index is 10.5. The van der Waals surface area contributed by atoms with Crippen LogP contribution in [0, 0.1) is 18.3 Å². The van der Waals surface area contributed by atoms with Gasteiger partial charge < -0.3 is 16.2 Å². The summed E-state index contributed by atoms with van der Waals surface area (Å²) in [5.41, 5.74) is 11.8. The van der Waals surface area contributed by atoms with Crippen molar-refractivity contribution in [3.05, 3.63) is 23.3 Å². The van der Waals surface area contributed by atoms with Crippen molar-refractivity contribution < 1.29 is 9.53 Å². The van der Waals surface area contributed by atoms with E-state index < -0.39 is 6.09 Å². The van der Waals surface area contributed by atoms with Gasteiger partial charge in [0.15, 0.2) is 5.75 Å². The molecule has 0 fully saturated rings. The molecule has 0 saturated heterocycles. The van der Waals surface area contributed by atoms with E-state index in [1.165, 1.54) is 6.07 Å². The highest BCUT2D eigenvalue weighted by atomic mass is 16.5. The number of benzene rings is 1. The van der Waals surface area contributed by atoms with Crippen molar-refractivity contribution in [1.82, 2.24) is 0 Å². The largest absolute Gasteiger partial charge is 0.410 e. The molecule has 0 aromatic heterocycles. The number of anilines is 1. The van der Waals surface area contributed by atoms with E-state index in [-0.39, 0.29) is 5.75 Å². The normalized spacial score (nSPS) is 9.14. The molecule has 5 nitrogen and oxygen atoms in total. The second kappa shape index (κ2) is 3.66. The molecule has 0 bridgehead atoms. The van der Waals surface area contributed by atoms with Gasteiger partial charge in [0, 0.05) is 6.07 Å². The standard InChI is InChI=1S/C9H9N3O2/c1-5-2-6(4-10)3-7(8(5)11)14-9(12)13/h2-3H,11H2,1H3,(H2,12,13). The van der Waals surface area contributed by atoms with Gasteiger partial charge in [-0.2, -0.15) is 5.26 Å². The average molecular weight is 191 g/mol. The lowest BCUT2D eigenvalue weighted by molar-refractivity contribution is 0.211. The summed E-state index contributed by atoms with van der Waals surface area (Å²) in [5.74, 6) is 0.119. The first-order valence-electron chi connectivity index (χ1n) is 3.82. The fraction of sp³-hybridized carbons (Fsp3) is 0.111. The number of hydrogen-bond donors (Lipinski definition) is 2. The van der Waals surface area contributed by atoms with E-state index in [4.69, 9.17) is 16.7 Å². The van der Waals surface area contributed by atoms with Gasteiger partial charge in [0.1, 0.15) is 0 Å². The van der Waals surface area contributed by atoms with Crippen LogP contribution in [0.25, 0.3) is 0 Å². The number of nitrogens with two attached hydrogens (primary N) is 2. The molecule has 0 unspecified atom stereocenters. The van der Waals surface area contributed by atoms with E-state index in [0.29, 0.717) is 16.8 Å². The smallest absolute Gasteiger partial charge is 0.408 e. The molecule has 0 aliphatic rings. The van der Waals surface area contributed by atoms with Gasteiger partial charge in [0.05, 0.1) is 17.3 Å². The Morgan fingerprint density at radius 2 is 2.21 bits per heavy atom. The molecule has 1 amide bonds. The fourth-order valence-corrected chi connectivity index (χ4v) is 1.02. The van der Waals surface area contributed by atoms with Crippen LogP contribution in [-0.2, 0) is 0 Å². The zero-order valence-corrected chi connectivity index (χ0v) is 7.57. The number of carbonyl (C=O) groups is 1. The van der Waals surface area contributed by atoms with Gasteiger partial charge >= 0.3 is 6.09 Å². The Hall–Kier alpha value is -2.22. The highest BCUT2D eigenvalue weighted by molar-refractivity contribution is 5.72.